The summed E-state index contributed by atoms with van der Waals surface area (Å²) in [5, 5.41) is 0. The molecule has 6 nitrogen and oxygen atoms in total. The first-order valence-electron chi connectivity index (χ1n) is 10.3. The molecule has 1 spiro atoms. The molecule has 5 aliphatic carbocycles. The average Bonchev–Trinajstić information content (AvgIpc) is 2.61. The summed E-state index contributed by atoms with van der Waals surface area (Å²) in [4.78, 5) is 27.3. The Hall–Kier alpha value is -1.05. The maximum absolute atomic E-state index is 13.9. The number of Topliss-reactive ketones (excluding diaryl/α,β-unsaturated/α-hetero) is 2. The molecule has 154 valence electrons. The Kier molecular flexibility index (Phi) is 3.76. The minimum atomic E-state index is -3.85. The third-order valence-electron chi connectivity index (χ3n) is 8.73. The van der Waals surface area contributed by atoms with Crippen LogP contribution >= 0.6 is 0 Å². The molecule has 6 fully saturated rings. The fraction of sp³-hybridized carbons (Fsp3) is 0.810. The van der Waals surface area contributed by atoms with Crippen molar-refractivity contribution in [2.24, 2.45) is 34.0 Å². The minimum Gasteiger partial charge on any atom is -0.380 e. The number of ether oxygens (including phenoxy) is 1. The van der Waals surface area contributed by atoms with Crippen LogP contribution in [-0.4, -0.2) is 45.6 Å². The van der Waals surface area contributed by atoms with Gasteiger partial charge in [0.05, 0.1) is 24.9 Å². The second kappa shape index (κ2) is 5.55. The quantitative estimate of drug-likeness (QED) is 0.396. The van der Waals surface area contributed by atoms with Crippen LogP contribution in [0.5, 0.6) is 0 Å². The highest BCUT2D eigenvalue weighted by Gasteiger charge is 2.76. The van der Waals surface area contributed by atoms with Gasteiger partial charge in [-0.1, -0.05) is 19.9 Å². The second-order valence-corrected chi connectivity index (χ2v) is 11.7. The number of ketones is 2. The molecule has 3 unspecified atom stereocenters. The van der Waals surface area contributed by atoms with E-state index in [0.29, 0.717) is 25.2 Å². The topological polar surface area (TPSA) is 86.7 Å². The summed E-state index contributed by atoms with van der Waals surface area (Å²) in [5.41, 5.74) is -1.35. The van der Waals surface area contributed by atoms with Crippen molar-refractivity contribution in [3.63, 3.8) is 0 Å². The zero-order valence-corrected chi connectivity index (χ0v) is 17.3. The molecule has 6 rings (SSSR count). The predicted octanol–water partition coefficient (Wildman–Crippen LogP) is 2.28. The fourth-order valence-electron chi connectivity index (χ4n) is 7.85. The van der Waals surface area contributed by atoms with Gasteiger partial charge in [0.25, 0.3) is 10.1 Å². The van der Waals surface area contributed by atoms with Gasteiger partial charge in [-0.3, -0.25) is 13.8 Å². The van der Waals surface area contributed by atoms with Crippen LogP contribution in [0.4, 0.5) is 0 Å². The van der Waals surface area contributed by atoms with Crippen molar-refractivity contribution in [1.82, 2.24) is 0 Å². The van der Waals surface area contributed by atoms with Gasteiger partial charge in [-0.2, -0.15) is 8.42 Å². The Bertz CT molecular complexity index is 879. The van der Waals surface area contributed by atoms with E-state index in [9.17, 15) is 18.0 Å². The normalized spacial score (nSPS) is 50.3. The van der Waals surface area contributed by atoms with E-state index in [1.54, 1.807) is 0 Å². The van der Waals surface area contributed by atoms with E-state index in [-0.39, 0.29) is 40.2 Å². The van der Waals surface area contributed by atoms with E-state index in [2.05, 4.69) is 13.5 Å². The van der Waals surface area contributed by atoms with Gasteiger partial charge in [0.15, 0.2) is 11.6 Å². The molecule has 1 aliphatic heterocycles. The van der Waals surface area contributed by atoms with E-state index in [1.165, 1.54) is 0 Å². The summed E-state index contributed by atoms with van der Waals surface area (Å²) in [6, 6.07) is 0. The van der Waals surface area contributed by atoms with Crippen molar-refractivity contribution in [1.29, 1.82) is 0 Å². The van der Waals surface area contributed by atoms with Gasteiger partial charge in [0.2, 0.25) is 0 Å². The van der Waals surface area contributed by atoms with Crippen molar-refractivity contribution < 1.29 is 26.9 Å². The Balaban J connectivity index is 1.74. The lowest BCUT2D eigenvalue weighted by atomic mass is 9.35. The molecular formula is C21H28O6S. The van der Waals surface area contributed by atoms with E-state index in [4.69, 9.17) is 8.92 Å². The molecule has 4 bridgehead atoms. The van der Waals surface area contributed by atoms with Gasteiger partial charge >= 0.3 is 0 Å². The lowest BCUT2D eigenvalue weighted by molar-refractivity contribution is -0.256. The van der Waals surface area contributed by atoms with E-state index in [1.807, 2.05) is 0 Å². The summed E-state index contributed by atoms with van der Waals surface area (Å²) in [7, 11) is -3.85. The van der Waals surface area contributed by atoms with E-state index < -0.39 is 21.6 Å². The van der Waals surface area contributed by atoms with Crippen LogP contribution < -0.4 is 0 Å². The number of fused-ring (bicyclic) bond motifs is 2. The summed E-state index contributed by atoms with van der Waals surface area (Å²) in [6.07, 6.45) is 4.63. The van der Waals surface area contributed by atoms with Gasteiger partial charge in [-0.25, -0.2) is 0 Å². The van der Waals surface area contributed by atoms with Gasteiger partial charge in [0, 0.05) is 11.3 Å². The molecule has 1 saturated heterocycles. The Labute approximate surface area is 166 Å². The highest BCUT2D eigenvalue weighted by molar-refractivity contribution is 7.86. The van der Waals surface area contributed by atoms with Gasteiger partial charge < -0.3 is 4.74 Å². The molecular weight excluding hydrogens is 380 g/mol. The van der Waals surface area contributed by atoms with Gasteiger partial charge in [-0.15, -0.1) is 0 Å². The number of carbonyl (C=O) groups excluding carboxylic acids is 2. The monoisotopic (exact) mass is 408 g/mol. The molecule has 1 heterocycles. The van der Waals surface area contributed by atoms with Crippen LogP contribution in [-0.2, 0) is 28.6 Å². The molecule has 0 aromatic carbocycles. The molecule has 6 aliphatic rings. The third kappa shape index (κ3) is 2.13. The standard InChI is InChI=1S/C21H28O6S/c1-12-13-5-8-21(17(12)22)14(9-13)20-7-4-6-19(2,10-26-11-20)16(20)15(18(21)23)27-28(3,24)25/h13-16H,1,4-11H2,2-3H3/t13-,14?,15+,16?,19+,20-,21?/m1/s1. The van der Waals surface area contributed by atoms with Crippen LogP contribution in [0.2, 0.25) is 0 Å². The van der Waals surface area contributed by atoms with Crippen molar-refractivity contribution in [2.75, 3.05) is 19.5 Å². The van der Waals surface area contributed by atoms with Crippen LogP contribution in [0.1, 0.15) is 45.4 Å². The van der Waals surface area contributed by atoms with Crippen molar-refractivity contribution >= 4 is 21.7 Å². The summed E-state index contributed by atoms with van der Waals surface area (Å²) in [6.45, 7) is 7.07. The molecule has 7 heteroatoms. The van der Waals surface area contributed by atoms with Crippen molar-refractivity contribution in [3.05, 3.63) is 12.2 Å². The van der Waals surface area contributed by atoms with Crippen LogP contribution in [0.15, 0.2) is 12.2 Å². The molecule has 0 aromatic rings. The first-order valence-corrected chi connectivity index (χ1v) is 12.1. The number of hydrogen-bond acceptors (Lipinski definition) is 6. The van der Waals surface area contributed by atoms with Gasteiger partial charge in [-0.05, 0) is 54.9 Å². The van der Waals surface area contributed by atoms with Crippen LogP contribution in [0, 0.1) is 34.0 Å². The summed E-state index contributed by atoms with van der Waals surface area (Å²) in [5.74, 6) is -0.695. The van der Waals surface area contributed by atoms with E-state index >= 15 is 0 Å². The van der Waals surface area contributed by atoms with Crippen LogP contribution in [0.3, 0.4) is 0 Å². The number of hydrogen-bond donors (Lipinski definition) is 0. The summed E-state index contributed by atoms with van der Waals surface area (Å²) >= 11 is 0. The lowest BCUT2D eigenvalue weighted by Gasteiger charge is -2.69. The lowest BCUT2D eigenvalue weighted by Crippen LogP contribution is -2.75. The summed E-state index contributed by atoms with van der Waals surface area (Å²) < 4.78 is 35.9. The fourth-order valence-corrected chi connectivity index (χ4v) is 8.42. The smallest absolute Gasteiger partial charge is 0.265 e. The predicted molar refractivity (Wildman–Crippen MR) is 101 cm³/mol. The minimum absolute atomic E-state index is 0.103. The zero-order chi connectivity index (χ0) is 20.1. The molecule has 0 N–H and O–H groups in total. The van der Waals surface area contributed by atoms with E-state index in [0.717, 1.165) is 38.4 Å². The average molecular weight is 409 g/mol. The molecule has 0 aromatic heterocycles. The SMILES string of the molecule is C=C1C(=O)C23CC[C@@H]1CC2[C@@]12CCC[C@@](C)(COC1)C2[C@H](OS(C)(=O)=O)C3=O. The molecule has 0 amide bonds. The maximum atomic E-state index is 13.9. The largest absolute Gasteiger partial charge is 0.380 e. The number of allylic oxidation sites excluding steroid dienone is 1. The van der Waals surface area contributed by atoms with Crippen LogP contribution in [0.25, 0.3) is 0 Å². The number of carbonyl (C=O) groups is 2. The Morgan fingerprint density at radius 1 is 1.18 bits per heavy atom. The molecule has 28 heavy (non-hydrogen) atoms. The Morgan fingerprint density at radius 3 is 2.64 bits per heavy atom. The van der Waals surface area contributed by atoms with Gasteiger partial charge in [0.1, 0.15) is 6.10 Å². The number of rotatable bonds is 2. The third-order valence-corrected chi connectivity index (χ3v) is 9.28. The van der Waals surface area contributed by atoms with Crippen molar-refractivity contribution in [2.45, 2.75) is 51.6 Å². The maximum Gasteiger partial charge on any atom is 0.265 e. The highest BCUT2D eigenvalue weighted by Crippen LogP contribution is 2.71. The first kappa shape index (κ1) is 18.9. The first-order chi connectivity index (χ1) is 13.1. The molecule has 5 saturated carbocycles. The Morgan fingerprint density at radius 2 is 1.93 bits per heavy atom. The second-order valence-electron chi connectivity index (χ2n) is 10.1. The highest BCUT2D eigenvalue weighted by atomic mass is 32.2. The molecule has 7 atom stereocenters. The van der Waals surface area contributed by atoms with Crippen molar-refractivity contribution in [3.8, 4) is 0 Å². The molecule has 0 radical (unpaired) electrons. The zero-order valence-electron chi connectivity index (χ0n) is 16.5.